The number of benzene rings is 1. The third-order valence-corrected chi connectivity index (χ3v) is 3.37. The number of rotatable bonds is 5. The summed E-state index contributed by atoms with van der Waals surface area (Å²) in [6.45, 7) is 3.59. The van der Waals surface area contributed by atoms with E-state index >= 15 is 0 Å². The molecule has 0 bridgehead atoms. The van der Waals surface area contributed by atoms with Crippen LogP contribution >= 0.6 is 23.2 Å². The van der Waals surface area contributed by atoms with Crippen molar-refractivity contribution in [2.24, 2.45) is 0 Å². The first-order valence-corrected chi connectivity index (χ1v) is 6.61. The summed E-state index contributed by atoms with van der Waals surface area (Å²) < 4.78 is 5.55. The van der Waals surface area contributed by atoms with Crippen molar-refractivity contribution in [3.05, 3.63) is 29.3 Å². The zero-order valence-electron chi connectivity index (χ0n) is 10.7. The Labute approximate surface area is 118 Å². The Kier molecular flexibility index (Phi) is 5.76. The molecule has 0 heterocycles. The number of amides is 1. The molecule has 0 radical (unpaired) electrons. The maximum absolute atomic E-state index is 12.0. The number of carbonyl (C=O) groups is 1. The first-order chi connectivity index (χ1) is 8.45. The minimum Gasteiger partial charge on any atom is -0.481 e. The van der Waals surface area contributed by atoms with Crippen LogP contribution in [-0.4, -0.2) is 35.9 Å². The van der Waals surface area contributed by atoms with Gasteiger partial charge in [-0.3, -0.25) is 4.79 Å². The van der Waals surface area contributed by atoms with Crippen LogP contribution in [0, 0.1) is 0 Å². The summed E-state index contributed by atoms with van der Waals surface area (Å²) in [6.07, 6.45) is -0.570. The number of ether oxygens (including phenoxy) is 1. The molecule has 0 saturated carbocycles. The van der Waals surface area contributed by atoms with Crippen LogP contribution in [0.3, 0.4) is 0 Å². The van der Waals surface area contributed by atoms with Crippen LogP contribution in [0.2, 0.25) is 5.02 Å². The van der Waals surface area contributed by atoms with Crippen LogP contribution in [0.5, 0.6) is 5.75 Å². The lowest BCUT2D eigenvalue weighted by atomic mass is 10.2. The van der Waals surface area contributed by atoms with Gasteiger partial charge in [0.25, 0.3) is 5.91 Å². The first kappa shape index (κ1) is 15.1. The highest BCUT2D eigenvalue weighted by Crippen LogP contribution is 2.19. The van der Waals surface area contributed by atoms with Crippen molar-refractivity contribution in [2.45, 2.75) is 26.0 Å². The molecule has 1 amide bonds. The van der Waals surface area contributed by atoms with Gasteiger partial charge < -0.3 is 9.64 Å². The Balaban J connectivity index is 2.65. The summed E-state index contributed by atoms with van der Waals surface area (Å²) in [5.74, 6) is 0.866. The summed E-state index contributed by atoms with van der Waals surface area (Å²) in [5, 5.41) is 0.578. The van der Waals surface area contributed by atoms with Crippen molar-refractivity contribution < 1.29 is 9.53 Å². The predicted molar refractivity (Wildman–Crippen MR) is 74.5 cm³/mol. The van der Waals surface area contributed by atoms with E-state index in [1.54, 1.807) is 43.1 Å². The van der Waals surface area contributed by atoms with Crippen molar-refractivity contribution in [3.63, 3.8) is 0 Å². The van der Waals surface area contributed by atoms with Crippen LogP contribution in [0.25, 0.3) is 0 Å². The molecule has 5 heteroatoms. The zero-order valence-corrected chi connectivity index (χ0v) is 12.2. The number of alkyl halides is 1. The quantitative estimate of drug-likeness (QED) is 0.779. The third kappa shape index (κ3) is 4.07. The molecule has 1 aromatic rings. The number of hydrogen-bond donors (Lipinski definition) is 0. The summed E-state index contributed by atoms with van der Waals surface area (Å²) in [6, 6.07) is 6.95. The van der Waals surface area contributed by atoms with Crippen LogP contribution in [0.15, 0.2) is 24.3 Å². The van der Waals surface area contributed by atoms with Crippen molar-refractivity contribution in [2.75, 3.05) is 12.9 Å². The van der Waals surface area contributed by atoms with Crippen LogP contribution in [0.1, 0.15) is 13.8 Å². The van der Waals surface area contributed by atoms with E-state index < -0.39 is 6.10 Å². The van der Waals surface area contributed by atoms with Gasteiger partial charge in [-0.05, 0) is 32.0 Å². The lowest BCUT2D eigenvalue weighted by molar-refractivity contribution is -0.138. The van der Waals surface area contributed by atoms with Gasteiger partial charge >= 0.3 is 0 Å². The number of hydrogen-bond acceptors (Lipinski definition) is 2. The molecule has 3 nitrogen and oxygen atoms in total. The highest BCUT2D eigenvalue weighted by atomic mass is 35.5. The van der Waals surface area contributed by atoms with Crippen LogP contribution in [0.4, 0.5) is 0 Å². The normalized spacial score (nSPS) is 13.8. The van der Waals surface area contributed by atoms with Crippen molar-refractivity contribution in [3.8, 4) is 5.75 Å². The molecule has 18 heavy (non-hydrogen) atoms. The predicted octanol–water partition coefficient (Wildman–Crippen LogP) is 3.19. The molecule has 0 saturated heterocycles. The second-order valence-corrected chi connectivity index (χ2v) is 4.91. The molecule has 2 atom stereocenters. The van der Waals surface area contributed by atoms with Gasteiger partial charge in [0.2, 0.25) is 0 Å². The van der Waals surface area contributed by atoms with Gasteiger partial charge in [-0.1, -0.05) is 17.7 Å². The van der Waals surface area contributed by atoms with Gasteiger partial charge in [-0.25, -0.2) is 0 Å². The standard InChI is InChI=1S/C13H17Cl2NO2/c1-9(8-14)16(3)13(17)10(2)18-12-6-4-5-11(15)7-12/h4-7,9-10H,8H2,1-3H3. The fourth-order valence-electron chi connectivity index (χ4n) is 1.40. The maximum atomic E-state index is 12.0. The van der Waals surface area contributed by atoms with Crippen LogP contribution in [-0.2, 0) is 4.79 Å². The van der Waals surface area contributed by atoms with Gasteiger partial charge in [-0.2, -0.15) is 0 Å². The molecule has 2 unspecified atom stereocenters. The van der Waals surface area contributed by atoms with E-state index in [0.717, 1.165) is 0 Å². The molecule has 0 N–H and O–H groups in total. The van der Waals surface area contributed by atoms with E-state index in [1.165, 1.54) is 0 Å². The smallest absolute Gasteiger partial charge is 0.263 e. The van der Waals surface area contributed by atoms with E-state index in [2.05, 4.69) is 0 Å². The van der Waals surface area contributed by atoms with Gasteiger partial charge in [0, 0.05) is 24.0 Å². The number of nitrogens with zero attached hydrogens (tertiary/aromatic N) is 1. The van der Waals surface area contributed by atoms with Crippen LogP contribution < -0.4 is 4.74 Å². The zero-order chi connectivity index (χ0) is 13.7. The highest BCUT2D eigenvalue weighted by Gasteiger charge is 2.22. The molecular formula is C13H17Cl2NO2. The van der Waals surface area contributed by atoms with E-state index in [4.69, 9.17) is 27.9 Å². The van der Waals surface area contributed by atoms with Gasteiger partial charge in [-0.15, -0.1) is 11.6 Å². The highest BCUT2D eigenvalue weighted by molar-refractivity contribution is 6.30. The molecule has 0 fully saturated rings. The Morgan fingerprint density at radius 2 is 2.11 bits per heavy atom. The molecule has 0 aliphatic carbocycles. The topological polar surface area (TPSA) is 29.5 Å². The van der Waals surface area contributed by atoms with Crippen molar-refractivity contribution in [1.82, 2.24) is 4.90 Å². The fourth-order valence-corrected chi connectivity index (χ4v) is 1.79. The Morgan fingerprint density at radius 1 is 1.44 bits per heavy atom. The number of carbonyl (C=O) groups excluding carboxylic acids is 1. The molecule has 100 valence electrons. The second kappa shape index (κ2) is 6.86. The summed E-state index contributed by atoms with van der Waals surface area (Å²) in [7, 11) is 1.72. The molecule has 0 aliphatic heterocycles. The average molecular weight is 290 g/mol. The van der Waals surface area contributed by atoms with E-state index in [9.17, 15) is 4.79 Å². The van der Waals surface area contributed by atoms with E-state index in [0.29, 0.717) is 16.7 Å². The third-order valence-electron chi connectivity index (χ3n) is 2.69. The Morgan fingerprint density at radius 3 is 2.67 bits per heavy atom. The molecular weight excluding hydrogens is 273 g/mol. The largest absolute Gasteiger partial charge is 0.481 e. The molecule has 1 rings (SSSR count). The Hall–Kier alpha value is -0.930. The lowest BCUT2D eigenvalue weighted by Crippen LogP contribution is -2.43. The first-order valence-electron chi connectivity index (χ1n) is 5.70. The van der Waals surface area contributed by atoms with E-state index in [1.807, 2.05) is 6.92 Å². The second-order valence-electron chi connectivity index (χ2n) is 4.17. The van der Waals surface area contributed by atoms with Crippen molar-refractivity contribution >= 4 is 29.1 Å². The lowest BCUT2D eigenvalue weighted by Gasteiger charge is -2.26. The monoisotopic (exact) mass is 289 g/mol. The fraction of sp³-hybridized carbons (Fsp3) is 0.462. The molecule has 0 spiro atoms. The number of halogens is 2. The van der Waals surface area contributed by atoms with E-state index in [-0.39, 0.29) is 11.9 Å². The summed E-state index contributed by atoms with van der Waals surface area (Å²) >= 11 is 11.6. The van der Waals surface area contributed by atoms with Gasteiger partial charge in [0.15, 0.2) is 6.10 Å². The minimum absolute atomic E-state index is 0.0235. The average Bonchev–Trinajstić information content (AvgIpc) is 2.36. The van der Waals surface area contributed by atoms with Gasteiger partial charge in [0.1, 0.15) is 5.75 Å². The molecule has 0 aliphatic rings. The van der Waals surface area contributed by atoms with Gasteiger partial charge in [0.05, 0.1) is 0 Å². The SMILES string of the molecule is CC(Oc1cccc(Cl)c1)C(=O)N(C)C(C)CCl. The summed E-state index contributed by atoms with van der Waals surface area (Å²) in [5.41, 5.74) is 0. The van der Waals surface area contributed by atoms with Crippen molar-refractivity contribution in [1.29, 1.82) is 0 Å². The maximum Gasteiger partial charge on any atom is 0.263 e. The summed E-state index contributed by atoms with van der Waals surface area (Å²) in [4.78, 5) is 13.6. The Bertz CT molecular complexity index is 412. The number of likely N-dealkylation sites (N-methyl/N-ethyl adjacent to an activating group) is 1. The minimum atomic E-state index is -0.570. The molecule has 1 aromatic carbocycles. The molecule has 0 aromatic heterocycles.